The van der Waals surface area contributed by atoms with Crippen LogP contribution in [0.2, 0.25) is 0 Å². The first-order valence-corrected chi connectivity index (χ1v) is 12.6. The number of fused-ring (bicyclic) bond motifs is 3. The molecule has 35 heavy (non-hydrogen) atoms. The van der Waals surface area contributed by atoms with Gasteiger partial charge in [0.05, 0.1) is 18.2 Å². The highest BCUT2D eigenvalue weighted by molar-refractivity contribution is 14.1. The normalized spacial score (nSPS) is 28.1. The van der Waals surface area contributed by atoms with Gasteiger partial charge in [0.1, 0.15) is 22.8 Å². The molecule has 1 amide bonds. The molecule has 10 heteroatoms. The molecule has 1 aromatic carbocycles. The Bertz CT molecular complexity index is 1190. The maximum absolute atomic E-state index is 13.9. The molecule has 188 valence electrons. The number of primary amides is 1. The minimum Gasteiger partial charge on any atom is -0.508 e. The Morgan fingerprint density at radius 1 is 1.29 bits per heavy atom. The van der Waals surface area contributed by atoms with Crippen molar-refractivity contribution in [3.63, 3.8) is 0 Å². The number of benzene rings is 1. The van der Waals surface area contributed by atoms with Crippen molar-refractivity contribution >= 4 is 45.8 Å². The maximum Gasteiger partial charge on any atom is 0.255 e. The molecule has 0 aliphatic heterocycles. The summed E-state index contributed by atoms with van der Waals surface area (Å²) >= 11 is 2.17. The molecule has 0 aromatic heterocycles. The van der Waals surface area contributed by atoms with E-state index in [2.05, 4.69) is 22.6 Å². The Morgan fingerprint density at radius 3 is 2.57 bits per heavy atom. The third kappa shape index (κ3) is 3.77. The molecular formula is C25H29IN2O7. The van der Waals surface area contributed by atoms with Crippen molar-refractivity contribution in [2.24, 2.45) is 17.6 Å². The van der Waals surface area contributed by atoms with E-state index in [0.29, 0.717) is 24.3 Å². The van der Waals surface area contributed by atoms with E-state index < -0.39 is 52.3 Å². The van der Waals surface area contributed by atoms with Crippen LogP contribution in [0.5, 0.6) is 5.75 Å². The van der Waals surface area contributed by atoms with Crippen LogP contribution in [0.4, 0.5) is 0 Å². The van der Waals surface area contributed by atoms with Crippen LogP contribution < -0.4 is 10.5 Å². The zero-order valence-corrected chi connectivity index (χ0v) is 22.0. The number of carbonyl (C=O) groups is 3. The van der Waals surface area contributed by atoms with E-state index in [1.54, 1.807) is 20.2 Å². The standard InChI is InChI=1S/C25H29IN2O7/c1-4-5-8-35-15-7-6-14(26)12-9-11-10-13-19(28(2)3)21(30)18(24(27)33)23(32)25(13,34)22(31)16(11)20(29)17(12)15/h6-7,11,13,19,29,32,34H,4-5,8-10H2,1-3H3,(H2,27,33). The highest BCUT2D eigenvalue weighted by atomic mass is 127. The van der Waals surface area contributed by atoms with E-state index >= 15 is 0 Å². The van der Waals surface area contributed by atoms with E-state index in [1.807, 2.05) is 13.0 Å². The topological polar surface area (TPSA) is 150 Å². The first kappa shape index (κ1) is 25.6. The minimum absolute atomic E-state index is 0.0409. The van der Waals surface area contributed by atoms with Gasteiger partial charge in [-0.05, 0) is 79.6 Å². The van der Waals surface area contributed by atoms with Gasteiger partial charge in [-0.2, -0.15) is 0 Å². The predicted molar refractivity (Wildman–Crippen MR) is 136 cm³/mol. The summed E-state index contributed by atoms with van der Waals surface area (Å²) in [6.07, 6.45) is 2.25. The van der Waals surface area contributed by atoms with Crippen molar-refractivity contribution in [1.82, 2.24) is 4.90 Å². The SMILES string of the molecule is CCCCOc1ccc(I)c2c1C(O)=C1C(=O)C3(O)C(O)=C(C(N)=O)C(=O)C(N(C)C)C3CC1C2. The van der Waals surface area contributed by atoms with Gasteiger partial charge in [0, 0.05) is 15.1 Å². The molecule has 0 saturated heterocycles. The van der Waals surface area contributed by atoms with Crippen molar-refractivity contribution in [2.75, 3.05) is 20.7 Å². The molecule has 0 heterocycles. The number of rotatable bonds is 6. The molecule has 1 saturated carbocycles. The molecule has 4 atom stereocenters. The summed E-state index contributed by atoms with van der Waals surface area (Å²) in [5.74, 6) is -5.37. The number of unbranched alkanes of at least 4 members (excludes halogenated alkanes) is 1. The first-order valence-electron chi connectivity index (χ1n) is 11.6. The van der Waals surface area contributed by atoms with E-state index in [9.17, 15) is 29.7 Å². The Morgan fingerprint density at radius 2 is 1.97 bits per heavy atom. The van der Waals surface area contributed by atoms with Crippen LogP contribution in [0.1, 0.15) is 37.3 Å². The van der Waals surface area contributed by atoms with E-state index in [0.717, 1.165) is 22.0 Å². The summed E-state index contributed by atoms with van der Waals surface area (Å²) in [5.41, 5.74) is 3.17. The fourth-order valence-electron chi connectivity index (χ4n) is 5.64. The number of Topliss-reactive ketones (excluding diaryl/α,β-unsaturated/α-hetero) is 2. The summed E-state index contributed by atoms with van der Waals surface area (Å²) in [6, 6.07) is 2.57. The third-order valence-corrected chi connectivity index (χ3v) is 8.30. The summed E-state index contributed by atoms with van der Waals surface area (Å²) < 4.78 is 6.80. The number of ether oxygens (including phenoxy) is 1. The Labute approximate surface area is 216 Å². The molecule has 5 N–H and O–H groups in total. The zero-order valence-electron chi connectivity index (χ0n) is 19.8. The van der Waals surface area contributed by atoms with Crippen molar-refractivity contribution in [1.29, 1.82) is 0 Å². The lowest BCUT2D eigenvalue weighted by Crippen LogP contribution is -2.65. The van der Waals surface area contributed by atoms with Gasteiger partial charge < -0.3 is 25.8 Å². The van der Waals surface area contributed by atoms with Crippen LogP contribution in [0.3, 0.4) is 0 Å². The number of hydrogen-bond donors (Lipinski definition) is 4. The lowest BCUT2D eigenvalue weighted by atomic mass is 9.57. The number of nitrogens with zero attached hydrogens (tertiary/aromatic N) is 1. The van der Waals surface area contributed by atoms with Gasteiger partial charge in [0.25, 0.3) is 5.91 Å². The van der Waals surface area contributed by atoms with Crippen LogP contribution in [0.15, 0.2) is 29.0 Å². The van der Waals surface area contributed by atoms with Crippen LogP contribution >= 0.6 is 22.6 Å². The lowest BCUT2D eigenvalue weighted by molar-refractivity contribution is -0.153. The molecule has 1 fully saturated rings. The van der Waals surface area contributed by atoms with E-state index in [4.69, 9.17) is 10.5 Å². The molecular weight excluding hydrogens is 567 g/mol. The Hall–Kier alpha value is -2.44. The highest BCUT2D eigenvalue weighted by Gasteiger charge is 2.64. The van der Waals surface area contributed by atoms with Gasteiger partial charge in [-0.1, -0.05) is 13.3 Å². The Kier molecular flexibility index (Phi) is 6.75. The smallest absolute Gasteiger partial charge is 0.255 e. The average Bonchev–Trinajstić information content (AvgIpc) is 2.77. The van der Waals surface area contributed by atoms with Crippen molar-refractivity contribution in [2.45, 2.75) is 44.2 Å². The van der Waals surface area contributed by atoms with Gasteiger partial charge in [-0.15, -0.1) is 0 Å². The number of carbonyl (C=O) groups excluding carboxylic acids is 3. The molecule has 9 nitrogen and oxygen atoms in total. The maximum atomic E-state index is 13.9. The summed E-state index contributed by atoms with van der Waals surface area (Å²) in [6.45, 7) is 2.47. The highest BCUT2D eigenvalue weighted by Crippen LogP contribution is 2.53. The Balaban J connectivity index is 1.92. The van der Waals surface area contributed by atoms with Crippen molar-refractivity contribution < 1.29 is 34.4 Å². The second kappa shape index (κ2) is 9.21. The molecule has 0 spiro atoms. The van der Waals surface area contributed by atoms with Crippen LogP contribution in [-0.2, 0) is 20.8 Å². The predicted octanol–water partition coefficient (Wildman–Crippen LogP) is 2.04. The molecule has 0 bridgehead atoms. The summed E-state index contributed by atoms with van der Waals surface area (Å²) in [5, 5.41) is 33.9. The molecule has 0 radical (unpaired) electrons. The van der Waals surface area contributed by atoms with Gasteiger partial charge in [0.15, 0.2) is 11.4 Å². The van der Waals surface area contributed by atoms with Crippen LogP contribution in [0.25, 0.3) is 5.76 Å². The molecule has 4 unspecified atom stereocenters. The number of amides is 1. The molecule has 4 rings (SSSR count). The van der Waals surface area contributed by atoms with Gasteiger partial charge in [0.2, 0.25) is 5.78 Å². The summed E-state index contributed by atoms with van der Waals surface area (Å²) in [7, 11) is 3.19. The van der Waals surface area contributed by atoms with Crippen molar-refractivity contribution in [3.8, 4) is 5.75 Å². The fourth-order valence-corrected chi connectivity index (χ4v) is 6.31. The third-order valence-electron chi connectivity index (χ3n) is 7.29. The molecule has 3 aliphatic rings. The minimum atomic E-state index is -2.57. The number of nitrogens with two attached hydrogens (primary N) is 1. The van der Waals surface area contributed by atoms with E-state index in [-0.39, 0.29) is 17.8 Å². The van der Waals surface area contributed by atoms with Gasteiger partial charge >= 0.3 is 0 Å². The average molecular weight is 596 g/mol. The van der Waals surface area contributed by atoms with Crippen LogP contribution in [-0.4, -0.2) is 70.0 Å². The first-order chi connectivity index (χ1) is 16.5. The molecule has 3 aliphatic carbocycles. The van der Waals surface area contributed by atoms with Gasteiger partial charge in [-0.3, -0.25) is 19.3 Å². The van der Waals surface area contributed by atoms with Gasteiger partial charge in [-0.25, -0.2) is 0 Å². The number of hydrogen-bond acceptors (Lipinski definition) is 8. The second-order valence-corrected chi connectivity index (χ2v) is 10.7. The largest absolute Gasteiger partial charge is 0.508 e. The number of likely N-dealkylation sites (N-methyl/N-ethyl adjacent to an activating group) is 1. The van der Waals surface area contributed by atoms with Crippen LogP contribution in [0, 0.1) is 15.4 Å². The fraction of sp³-hybridized carbons (Fsp3) is 0.480. The number of aliphatic hydroxyl groups is 3. The number of ketones is 2. The zero-order chi connectivity index (χ0) is 25.8. The monoisotopic (exact) mass is 596 g/mol. The number of halogens is 1. The number of aliphatic hydroxyl groups excluding tert-OH is 2. The summed E-state index contributed by atoms with van der Waals surface area (Å²) in [4.78, 5) is 40.5. The quantitative estimate of drug-likeness (QED) is 0.222. The lowest BCUT2D eigenvalue weighted by Gasteiger charge is -2.50. The molecule has 1 aromatic rings. The van der Waals surface area contributed by atoms with E-state index in [1.165, 1.54) is 4.90 Å². The second-order valence-electron chi connectivity index (χ2n) is 9.56. The van der Waals surface area contributed by atoms with Crippen molar-refractivity contribution in [3.05, 3.63) is 43.7 Å².